The molecule has 0 aromatic heterocycles. The third-order valence-electron chi connectivity index (χ3n) is 6.68. The van der Waals surface area contributed by atoms with Crippen molar-refractivity contribution in [2.75, 3.05) is 39.6 Å². The van der Waals surface area contributed by atoms with Gasteiger partial charge in [0.25, 0.3) is 0 Å². The molecule has 0 aliphatic carbocycles. The molecular formula is C33H57NO3S. The molecule has 2 N–H and O–H groups in total. The largest absolute Gasteiger partial charge is 0.491 e. The summed E-state index contributed by atoms with van der Waals surface area (Å²) in [5, 5.41) is 19.5. The molecule has 0 heterocycles. The Bertz CT molecular complexity index is 848. The molecule has 0 fully saturated rings. The zero-order chi connectivity index (χ0) is 29.2. The lowest BCUT2D eigenvalue weighted by Gasteiger charge is -2.35. The molecule has 4 nitrogen and oxygen atoms in total. The van der Waals surface area contributed by atoms with Crippen molar-refractivity contribution in [3.8, 4) is 5.75 Å². The number of aryl methyl sites for hydroxylation is 1. The Morgan fingerprint density at radius 2 is 1.71 bits per heavy atom. The summed E-state index contributed by atoms with van der Waals surface area (Å²) in [5.74, 6) is 1.77. The molecule has 0 saturated carbocycles. The molecule has 1 rings (SSSR count). The highest BCUT2D eigenvalue weighted by Gasteiger charge is 2.33. The summed E-state index contributed by atoms with van der Waals surface area (Å²) >= 11 is 1.92. The summed E-state index contributed by atoms with van der Waals surface area (Å²) in [6, 6.07) is 6.54. The molecule has 0 spiro atoms. The van der Waals surface area contributed by atoms with E-state index in [1.807, 2.05) is 46.4 Å². The van der Waals surface area contributed by atoms with Crippen LogP contribution in [0.2, 0.25) is 0 Å². The first-order chi connectivity index (χ1) is 18.0. The van der Waals surface area contributed by atoms with Crippen LogP contribution < -0.4 is 4.74 Å². The highest BCUT2D eigenvalue weighted by atomic mass is 32.2. The van der Waals surface area contributed by atoms with Gasteiger partial charge in [-0.2, -0.15) is 0 Å². The fourth-order valence-electron chi connectivity index (χ4n) is 4.02. The second kappa shape index (κ2) is 19.5. The van der Waals surface area contributed by atoms with Crippen LogP contribution in [0.5, 0.6) is 5.75 Å². The normalized spacial score (nSPS) is 13.8. The summed E-state index contributed by atoms with van der Waals surface area (Å²) < 4.78 is 6.02. The van der Waals surface area contributed by atoms with E-state index in [0.29, 0.717) is 6.42 Å². The summed E-state index contributed by atoms with van der Waals surface area (Å²) in [4.78, 5) is 3.56. The Kier molecular flexibility index (Phi) is 18.7. The fraction of sp³-hybridized carbons (Fsp3) is 0.636. The average molecular weight is 548 g/mol. The van der Waals surface area contributed by atoms with Crippen LogP contribution in [0.15, 0.2) is 53.5 Å². The Balaban J connectivity index is 0.00000667. The maximum atomic E-state index is 10.4. The Morgan fingerprint density at radius 3 is 2.24 bits per heavy atom. The van der Waals surface area contributed by atoms with E-state index in [1.165, 1.54) is 10.5 Å². The van der Waals surface area contributed by atoms with Gasteiger partial charge >= 0.3 is 0 Å². The van der Waals surface area contributed by atoms with E-state index in [9.17, 15) is 5.11 Å². The zero-order valence-electron chi connectivity index (χ0n) is 26.0. The van der Waals surface area contributed by atoms with Crippen molar-refractivity contribution < 1.29 is 14.9 Å². The van der Waals surface area contributed by atoms with Crippen molar-refractivity contribution in [3.63, 3.8) is 0 Å². The first kappa shape index (κ1) is 36.5. The molecule has 38 heavy (non-hydrogen) atoms. The number of allylic oxidation sites excluding steroid dienone is 3. The smallest absolute Gasteiger partial charge is 0.122 e. The fourth-order valence-corrected chi connectivity index (χ4v) is 5.33. The van der Waals surface area contributed by atoms with Crippen molar-refractivity contribution in [2.45, 2.75) is 92.6 Å². The van der Waals surface area contributed by atoms with Crippen LogP contribution in [-0.2, 0) is 5.41 Å². The lowest BCUT2D eigenvalue weighted by Crippen LogP contribution is -2.32. The Hall–Kier alpha value is -1.53. The second-order valence-electron chi connectivity index (χ2n) is 10.8. The Morgan fingerprint density at radius 1 is 1.05 bits per heavy atom. The maximum absolute atomic E-state index is 10.4. The third kappa shape index (κ3) is 12.5. The molecule has 0 amide bonds. The molecule has 1 aromatic carbocycles. The molecule has 0 bridgehead atoms. The van der Waals surface area contributed by atoms with E-state index in [0.717, 1.165) is 42.9 Å². The zero-order valence-corrected chi connectivity index (χ0v) is 26.8. The summed E-state index contributed by atoms with van der Waals surface area (Å²) in [6.07, 6.45) is 14.1. The van der Waals surface area contributed by atoms with E-state index in [-0.39, 0.29) is 24.0 Å². The number of nitrogens with zero attached hydrogens (tertiary/aromatic N) is 1. The number of aliphatic hydroxyl groups excluding tert-OH is 2. The van der Waals surface area contributed by atoms with Crippen molar-refractivity contribution in [1.29, 1.82) is 0 Å². The average Bonchev–Trinajstić information content (AvgIpc) is 2.88. The van der Waals surface area contributed by atoms with E-state index < -0.39 is 6.10 Å². The summed E-state index contributed by atoms with van der Waals surface area (Å²) in [7, 11) is 4.17. The van der Waals surface area contributed by atoms with Crippen LogP contribution in [0, 0.1) is 12.3 Å². The maximum Gasteiger partial charge on any atom is 0.122 e. The molecule has 1 unspecified atom stereocenters. The predicted octanol–water partition coefficient (Wildman–Crippen LogP) is 7.93. The van der Waals surface area contributed by atoms with Gasteiger partial charge in [0.2, 0.25) is 0 Å². The van der Waals surface area contributed by atoms with Crippen molar-refractivity contribution in [2.24, 2.45) is 5.41 Å². The van der Waals surface area contributed by atoms with E-state index in [1.54, 1.807) is 0 Å². The molecule has 1 aromatic rings. The molecule has 0 saturated heterocycles. The number of thioether (sulfide) groups is 1. The molecule has 1 atom stereocenters. The predicted molar refractivity (Wildman–Crippen MR) is 169 cm³/mol. The van der Waals surface area contributed by atoms with Crippen LogP contribution in [0.4, 0.5) is 0 Å². The quantitative estimate of drug-likeness (QED) is 0.206. The SMILES string of the molecule is CC.CCC(CC)(/C(=C/C/C=C\CCO)SC/C=C/CN(C)C)c1ccc(OCC(O)C(C)(C)C)c(C)c1. The van der Waals surface area contributed by atoms with Crippen LogP contribution >= 0.6 is 11.8 Å². The highest BCUT2D eigenvalue weighted by Crippen LogP contribution is 2.45. The van der Waals surface area contributed by atoms with Gasteiger partial charge in [-0.05, 0) is 74.2 Å². The van der Waals surface area contributed by atoms with Gasteiger partial charge in [0.05, 0.1) is 6.10 Å². The summed E-state index contributed by atoms with van der Waals surface area (Å²) in [5.41, 5.74) is 2.12. The topological polar surface area (TPSA) is 52.9 Å². The summed E-state index contributed by atoms with van der Waals surface area (Å²) in [6.45, 7) is 18.1. The first-order valence-electron chi connectivity index (χ1n) is 14.3. The second-order valence-corrected chi connectivity index (χ2v) is 11.9. The van der Waals surface area contributed by atoms with Gasteiger partial charge in [-0.3, -0.25) is 0 Å². The number of hydrogen-bond acceptors (Lipinski definition) is 5. The van der Waals surface area contributed by atoms with Crippen LogP contribution in [0.3, 0.4) is 0 Å². The first-order valence-corrected chi connectivity index (χ1v) is 15.3. The van der Waals surface area contributed by atoms with Crippen LogP contribution in [-0.4, -0.2) is 60.8 Å². The number of rotatable bonds is 16. The van der Waals surface area contributed by atoms with Crippen molar-refractivity contribution in [3.05, 3.63) is 64.6 Å². The number of benzene rings is 1. The van der Waals surface area contributed by atoms with Gasteiger partial charge in [-0.1, -0.05) is 91.0 Å². The van der Waals surface area contributed by atoms with Crippen molar-refractivity contribution in [1.82, 2.24) is 4.90 Å². The van der Waals surface area contributed by atoms with Gasteiger partial charge in [-0.25, -0.2) is 0 Å². The standard InChI is InChI=1S/C31H51NO3S.C2H6/c1-9-31(10-2,26-18-19-27(25(3)23-26)35-24-28(34)30(4,5)6)29(17-13-11-12-15-21-33)36-22-16-14-20-32(7)8;1-2/h11-12,14,16-19,23,28,33-34H,9-10,13,15,20-22,24H2,1-8H3;1-2H3/b12-11-,16-14+,29-17-;. The van der Waals surface area contributed by atoms with Gasteiger partial charge in [0.15, 0.2) is 0 Å². The minimum absolute atomic E-state index is 0.0704. The third-order valence-corrected chi connectivity index (χ3v) is 7.90. The molecule has 5 heteroatoms. The minimum atomic E-state index is -0.521. The minimum Gasteiger partial charge on any atom is -0.491 e. The van der Waals surface area contributed by atoms with Crippen molar-refractivity contribution >= 4 is 11.8 Å². The molecule has 218 valence electrons. The van der Waals surface area contributed by atoms with E-state index in [2.05, 4.69) is 88.3 Å². The van der Waals surface area contributed by atoms with Gasteiger partial charge in [-0.15, -0.1) is 11.8 Å². The van der Waals surface area contributed by atoms with Gasteiger partial charge in [0, 0.05) is 24.3 Å². The van der Waals surface area contributed by atoms with E-state index in [4.69, 9.17) is 9.84 Å². The lowest BCUT2D eigenvalue weighted by molar-refractivity contribution is 0.0216. The number of likely N-dealkylation sites (N-methyl/N-ethyl adjacent to an activating group) is 1. The van der Waals surface area contributed by atoms with E-state index >= 15 is 0 Å². The number of hydrogen-bond donors (Lipinski definition) is 2. The highest BCUT2D eigenvalue weighted by molar-refractivity contribution is 8.03. The molecule has 0 aliphatic heterocycles. The van der Waals surface area contributed by atoms with Gasteiger partial charge < -0.3 is 19.8 Å². The molecule has 0 aliphatic rings. The van der Waals surface area contributed by atoms with Gasteiger partial charge in [0.1, 0.15) is 12.4 Å². The molecule has 0 radical (unpaired) electrons. The van der Waals surface area contributed by atoms with Crippen LogP contribution in [0.25, 0.3) is 0 Å². The van der Waals surface area contributed by atoms with Crippen LogP contribution in [0.1, 0.15) is 85.3 Å². The Labute approximate surface area is 239 Å². The number of ether oxygens (including phenoxy) is 1. The number of aliphatic hydroxyl groups is 2. The lowest BCUT2D eigenvalue weighted by atomic mass is 9.74. The monoisotopic (exact) mass is 547 g/mol. The molecular weight excluding hydrogens is 490 g/mol.